The average molecular weight is 468 g/mol. The van der Waals surface area contributed by atoms with Gasteiger partial charge in [0, 0.05) is 33.5 Å². The van der Waals surface area contributed by atoms with Crippen LogP contribution in [0, 0.1) is 17.1 Å². The van der Waals surface area contributed by atoms with E-state index in [1.54, 1.807) is 24.3 Å². The van der Waals surface area contributed by atoms with Gasteiger partial charge < -0.3 is 10.2 Å². The van der Waals surface area contributed by atoms with Gasteiger partial charge in [0.15, 0.2) is 0 Å². The van der Waals surface area contributed by atoms with Gasteiger partial charge in [-0.15, -0.1) is 0 Å². The zero-order chi connectivity index (χ0) is 22.1. The van der Waals surface area contributed by atoms with Crippen molar-refractivity contribution in [2.75, 3.05) is 16.8 Å². The van der Waals surface area contributed by atoms with Crippen LogP contribution in [0.3, 0.4) is 0 Å². The van der Waals surface area contributed by atoms with Crippen molar-refractivity contribution in [3.63, 3.8) is 0 Å². The molecule has 0 saturated carbocycles. The molecular formula is C24H23BrFN3O. The lowest BCUT2D eigenvalue weighted by Crippen LogP contribution is -2.45. The van der Waals surface area contributed by atoms with Gasteiger partial charge >= 0.3 is 0 Å². The number of nitriles is 1. The van der Waals surface area contributed by atoms with E-state index in [2.05, 4.69) is 46.1 Å². The quantitative estimate of drug-likeness (QED) is 0.432. The van der Waals surface area contributed by atoms with E-state index in [0.717, 1.165) is 27.8 Å². The smallest absolute Gasteiger partial charge is 0.266 e. The average Bonchev–Trinajstić information content (AvgIpc) is 2.66. The van der Waals surface area contributed by atoms with Crippen LogP contribution >= 0.6 is 15.9 Å². The van der Waals surface area contributed by atoms with Crippen LogP contribution < -0.4 is 10.2 Å². The molecule has 1 heterocycles. The summed E-state index contributed by atoms with van der Waals surface area (Å²) in [6.45, 7) is 8.94. The number of benzene rings is 2. The third-order valence-electron chi connectivity index (χ3n) is 5.16. The highest BCUT2D eigenvalue weighted by molar-refractivity contribution is 9.10. The maximum absolute atomic E-state index is 15.0. The second-order valence-corrected chi connectivity index (χ2v) is 8.67. The normalized spacial score (nSPS) is 15.2. The maximum atomic E-state index is 15.0. The Labute approximate surface area is 184 Å². The second-order valence-electron chi connectivity index (χ2n) is 7.75. The highest BCUT2D eigenvalue weighted by Crippen LogP contribution is 2.40. The van der Waals surface area contributed by atoms with Crippen LogP contribution in [0.2, 0.25) is 0 Å². The monoisotopic (exact) mass is 467 g/mol. The number of hydrogen-bond donors (Lipinski definition) is 1. The van der Waals surface area contributed by atoms with E-state index < -0.39 is 11.7 Å². The summed E-state index contributed by atoms with van der Waals surface area (Å²) >= 11 is 3.34. The van der Waals surface area contributed by atoms with Crippen LogP contribution in [0.4, 0.5) is 15.8 Å². The molecule has 0 spiro atoms. The van der Waals surface area contributed by atoms with Crippen molar-refractivity contribution in [1.29, 1.82) is 5.26 Å². The first-order valence-corrected chi connectivity index (χ1v) is 10.5. The molecule has 30 heavy (non-hydrogen) atoms. The first kappa shape index (κ1) is 21.8. The number of carbonyl (C=O) groups is 1. The van der Waals surface area contributed by atoms with Crippen molar-refractivity contribution in [2.24, 2.45) is 0 Å². The fourth-order valence-electron chi connectivity index (χ4n) is 3.87. The highest BCUT2D eigenvalue weighted by Gasteiger charge is 2.31. The van der Waals surface area contributed by atoms with Gasteiger partial charge in [-0.1, -0.05) is 28.1 Å². The molecule has 154 valence electrons. The number of anilines is 2. The number of hydrogen-bond acceptors (Lipinski definition) is 3. The topological polar surface area (TPSA) is 56.1 Å². The highest BCUT2D eigenvalue weighted by atomic mass is 79.9. The van der Waals surface area contributed by atoms with Crippen molar-refractivity contribution in [2.45, 2.75) is 33.2 Å². The van der Waals surface area contributed by atoms with Crippen LogP contribution in [-0.4, -0.2) is 18.0 Å². The number of amides is 1. The fourth-order valence-corrected chi connectivity index (χ4v) is 4.27. The van der Waals surface area contributed by atoms with Gasteiger partial charge in [0.05, 0.1) is 5.54 Å². The number of likely N-dealkylation sites (N-methyl/N-ethyl adjacent to an activating group) is 1. The Morgan fingerprint density at radius 2 is 2.07 bits per heavy atom. The van der Waals surface area contributed by atoms with Gasteiger partial charge in [-0.2, -0.15) is 5.26 Å². The van der Waals surface area contributed by atoms with Crippen molar-refractivity contribution < 1.29 is 9.18 Å². The van der Waals surface area contributed by atoms with E-state index in [-0.39, 0.29) is 16.7 Å². The number of nitrogens with one attached hydrogen (secondary N) is 1. The molecule has 1 aliphatic heterocycles. The van der Waals surface area contributed by atoms with Crippen LogP contribution in [0.15, 0.2) is 52.5 Å². The van der Waals surface area contributed by atoms with Gasteiger partial charge in [0.1, 0.15) is 17.5 Å². The molecule has 1 amide bonds. The van der Waals surface area contributed by atoms with Crippen molar-refractivity contribution in [3.8, 4) is 6.07 Å². The van der Waals surface area contributed by atoms with Crippen molar-refractivity contribution in [3.05, 3.63) is 69.5 Å². The van der Waals surface area contributed by atoms with E-state index >= 15 is 0 Å². The predicted molar refractivity (Wildman–Crippen MR) is 124 cm³/mol. The zero-order valence-corrected chi connectivity index (χ0v) is 19.0. The fraction of sp³-hybridized carbons (Fsp3) is 0.250. The minimum Gasteiger partial charge on any atom is -0.363 e. The van der Waals surface area contributed by atoms with Gasteiger partial charge in [-0.25, -0.2) is 4.39 Å². The van der Waals surface area contributed by atoms with Gasteiger partial charge in [0.25, 0.3) is 5.91 Å². The van der Waals surface area contributed by atoms with Crippen LogP contribution in [0.25, 0.3) is 11.6 Å². The third-order valence-corrected chi connectivity index (χ3v) is 5.65. The number of halogens is 2. The first-order chi connectivity index (χ1) is 14.2. The van der Waals surface area contributed by atoms with E-state index in [0.29, 0.717) is 5.69 Å². The summed E-state index contributed by atoms with van der Waals surface area (Å²) in [5, 5.41) is 12.2. The molecule has 2 aromatic carbocycles. The Balaban J connectivity index is 1.99. The largest absolute Gasteiger partial charge is 0.363 e. The zero-order valence-electron chi connectivity index (χ0n) is 17.4. The Morgan fingerprint density at radius 3 is 2.70 bits per heavy atom. The number of nitrogens with zero attached hydrogens (tertiary/aromatic N) is 2. The first-order valence-electron chi connectivity index (χ1n) is 9.66. The SMILES string of the molecule is CCN1c2cc(F)c(/C=C(\C#N)C(=O)Nc3cccc(Br)c3)cc2C(C)=CC1(C)C. The molecular weight excluding hydrogens is 445 g/mol. The maximum Gasteiger partial charge on any atom is 0.266 e. The molecule has 0 saturated heterocycles. The van der Waals surface area contributed by atoms with E-state index in [1.165, 1.54) is 12.1 Å². The molecule has 1 aliphatic rings. The van der Waals surface area contributed by atoms with E-state index in [1.807, 2.05) is 26.0 Å². The Morgan fingerprint density at radius 1 is 1.33 bits per heavy atom. The summed E-state index contributed by atoms with van der Waals surface area (Å²) < 4.78 is 15.8. The molecule has 0 radical (unpaired) electrons. The minimum absolute atomic E-state index is 0.168. The molecule has 6 heteroatoms. The second kappa shape index (κ2) is 8.45. The lowest BCUT2D eigenvalue weighted by Gasteiger charge is -2.42. The summed E-state index contributed by atoms with van der Waals surface area (Å²) in [6.07, 6.45) is 3.45. The molecule has 0 aromatic heterocycles. The molecule has 3 rings (SSSR count). The van der Waals surface area contributed by atoms with Crippen LogP contribution in [0.1, 0.15) is 38.8 Å². The molecule has 0 atom stereocenters. The van der Waals surface area contributed by atoms with Crippen molar-refractivity contribution >= 4 is 44.9 Å². The Bertz CT molecular complexity index is 1110. The minimum atomic E-state index is -0.587. The number of rotatable bonds is 4. The van der Waals surface area contributed by atoms with Crippen LogP contribution in [-0.2, 0) is 4.79 Å². The summed E-state index contributed by atoms with van der Waals surface area (Å²) in [5.74, 6) is -1.06. The molecule has 0 bridgehead atoms. The molecule has 0 fully saturated rings. The lowest BCUT2D eigenvalue weighted by molar-refractivity contribution is -0.112. The molecule has 0 aliphatic carbocycles. The predicted octanol–water partition coefficient (Wildman–Crippen LogP) is 6.16. The number of allylic oxidation sites excluding steroid dienone is 1. The van der Waals surface area contributed by atoms with Gasteiger partial charge in [-0.05, 0) is 69.7 Å². The summed E-state index contributed by atoms with van der Waals surface area (Å²) in [4.78, 5) is 14.7. The van der Waals surface area contributed by atoms with Crippen LogP contribution in [0.5, 0.6) is 0 Å². The standard InChI is InChI=1S/C24H23BrFN3O/c1-5-29-22-12-21(26)16(10-20(22)15(2)13-24(29,3)4)9-17(14-27)23(30)28-19-8-6-7-18(25)11-19/h6-13H,5H2,1-4H3,(H,28,30)/b17-9+. The lowest BCUT2D eigenvalue weighted by atomic mass is 9.87. The Hall–Kier alpha value is -2.91. The third kappa shape index (κ3) is 4.31. The summed E-state index contributed by atoms with van der Waals surface area (Å²) in [5.41, 5.74) is 3.10. The van der Waals surface area contributed by atoms with Crippen molar-refractivity contribution in [1.82, 2.24) is 0 Å². The molecule has 2 aromatic rings. The van der Waals surface area contributed by atoms with E-state index in [9.17, 15) is 14.4 Å². The van der Waals surface area contributed by atoms with Gasteiger partial charge in [0.2, 0.25) is 0 Å². The molecule has 0 unspecified atom stereocenters. The molecule has 4 nitrogen and oxygen atoms in total. The Kier molecular flexibility index (Phi) is 6.14. The number of fused-ring (bicyclic) bond motifs is 1. The summed E-state index contributed by atoms with van der Waals surface area (Å²) in [6, 6.07) is 12.1. The molecule has 1 N–H and O–H groups in total. The van der Waals surface area contributed by atoms with E-state index in [4.69, 9.17) is 0 Å². The summed E-state index contributed by atoms with van der Waals surface area (Å²) in [7, 11) is 0. The number of carbonyl (C=O) groups excluding carboxylic acids is 1. The van der Waals surface area contributed by atoms with Gasteiger partial charge in [-0.3, -0.25) is 4.79 Å².